The van der Waals surface area contributed by atoms with Gasteiger partial charge in [-0.3, -0.25) is 14.9 Å². The van der Waals surface area contributed by atoms with Crippen LogP contribution in [0, 0.1) is 21.4 Å². The number of nitro benzene ring substituents is 1. The predicted molar refractivity (Wildman–Crippen MR) is 135 cm³/mol. The number of carbonyl (C=O) groups excluding carboxylic acids is 1. The van der Waals surface area contributed by atoms with Gasteiger partial charge in [-0.25, -0.2) is 0 Å². The van der Waals surface area contributed by atoms with Crippen molar-refractivity contribution in [1.29, 1.82) is 5.26 Å². The van der Waals surface area contributed by atoms with Crippen LogP contribution in [0.1, 0.15) is 5.56 Å². The minimum atomic E-state index is -4.47. The molecule has 0 fully saturated rings. The Morgan fingerprint density at radius 2 is 1.92 bits per heavy atom. The quantitative estimate of drug-likeness (QED) is 0.121. The number of anilines is 1. The molecule has 0 heterocycles. The lowest BCUT2D eigenvalue weighted by Crippen LogP contribution is -2.13. The number of nitriles is 1. The summed E-state index contributed by atoms with van der Waals surface area (Å²) in [6, 6.07) is 15.3. The maximum absolute atomic E-state index is 12.8. The van der Waals surface area contributed by atoms with Crippen LogP contribution in [0.5, 0.6) is 11.5 Å². The van der Waals surface area contributed by atoms with Gasteiger partial charge >= 0.3 is 10.1 Å². The second-order valence-corrected chi connectivity index (χ2v) is 9.80. The number of hydrogen-bond acceptors (Lipinski definition) is 8. The van der Waals surface area contributed by atoms with Crippen LogP contribution in [0.2, 0.25) is 5.02 Å². The van der Waals surface area contributed by atoms with Gasteiger partial charge < -0.3 is 14.2 Å². The first kappa shape index (κ1) is 26.7. The Bertz CT molecular complexity index is 1530. The zero-order valence-corrected chi connectivity index (χ0v) is 21.4. The molecule has 0 aliphatic rings. The van der Waals surface area contributed by atoms with Crippen LogP contribution in [-0.4, -0.2) is 26.4 Å². The summed E-state index contributed by atoms with van der Waals surface area (Å²) < 4.78 is 36.1. The molecule has 0 atom stereocenters. The molecule has 184 valence electrons. The average Bonchev–Trinajstić information content (AvgIpc) is 2.83. The van der Waals surface area contributed by atoms with Crippen LogP contribution < -0.4 is 14.2 Å². The first-order chi connectivity index (χ1) is 17.0. The molecular weight excluding hydrogens is 578 g/mol. The molecule has 13 heteroatoms. The number of amides is 1. The van der Waals surface area contributed by atoms with E-state index in [1.165, 1.54) is 37.5 Å². The van der Waals surface area contributed by atoms with E-state index >= 15 is 0 Å². The monoisotopic (exact) mass is 591 g/mol. The van der Waals surface area contributed by atoms with Gasteiger partial charge in [0.05, 0.1) is 16.5 Å². The lowest BCUT2D eigenvalue weighted by molar-refractivity contribution is -0.385. The molecule has 0 aliphatic heterocycles. The van der Waals surface area contributed by atoms with Crippen molar-refractivity contribution in [2.24, 2.45) is 0 Å². The summed E-state index contributed by atoms with van der Waals surface area (Å²) in [4.78, 5) is 22.4. The van der Waals surface area contributed by atoms with Crippen LogP contribution in [0.15, 0.2) is 75.6 Å². The minimum Gasteiger partial charge on any atom is -0.493 e. The largest absolute Gasteiger partial charge is 0.493 e. The zero-order chi connectivity index (χ0) is 26.5. The molecule has 10 nitrogen and oxygen atoms in total. The van der Waals surface area contributed by atoms with Crippen LogP contribution in [0.4, 0.5) is 11.4 Å². The van der Waals surface area contributed by atoms with Gasteiger partial charge in [0, 0.05) is 22.8 Å². The van der Waals surface area contributed by atoms with E-state index in [2.05, 4.69) is 21.2 Å². The Hall–Kier alpha value is -3.92. The summed E-state index contributed by atoms with van der Waals surface area (Å²) >= 11 is 9.12. The second-order valence-electron chi connectivity index (χ2n) is 6.96. The topological polar surface area (TPSA) is 149 Å². The highest BCUT2D eigenvalue weighted by Crippen LogP contribution is 2.39. The molecule has 0 bridgehead atoms. The van der Waals surface area contributed by atoms with E-state index in [-0.39, 0.29) is 21.5 Å². The summed E-state index contributed by atoms with van der Waals surface area (Å²) in [6.07, 6.45) is 1.27. The minimum absolute atomic E-state index is 0.0443. The molecule has 3 aromatic rings. The lowest BCUT2D eigenvalue weighted by atomic mass is 10.1. The Kier molecular flexibility index (Phi) is 8.31. The normalized spacial score (nSPS) is 11.3. The van der Waals surface area contributed by atoms with Crippen LogP contribution >= 0.6 is 27.5 Å². The summed E-state index contributed by atoms with van der Waals surface area (Å²) in [5.41, 5.74) is 0.0345. The SMILES string of the molecule is COc1cc(C=C(C#N)C(=O)Nc2cccc(Cl)c2)cc(Br)c1OS(=O)(=O)c1cccc([N+](=O)[O-])c1. The molecule has 0 saturated heterocycles. The van der Waals surface area contributed by atoms with Crippen molar-refractivity contribution in [2.45, 2.75) is 4.90 Å². The lowest BCUT2D eigenvalue weighted by Gasteiger charge is -2.13. The number of halogens is 2. The number of ether oxygens (including phenoxy) is 1. The predicted octanol–water partition coefficient (Wildman–Crippen LogP) is 5.33. The molecule has 0 aromatic heterocycles. The maximum atomic E-state index is 12.8. The van der Waals surface area contributed by atoms with E-state index < -0.39 is 31.5 Å². The van der Waals surface area contributed by atoms with Crippen molar-refractivity contribution >= 4 is 61.0 Å². The highest BCUT2D eigenvalue weighted by molar-refractivity contribution is 9.10. The number of nitrogens with zero attached hydrogens (tertiary/aromatic N) is 2. The number of nitro groups is 1. The number of rotatable bonds is 8. The molecule has 0 unspecified atom stereocenters. The first-order valence-electron chi connectivity index (χ1n) is 9.79. The van der Waals surface area contributed by atoms with Gasteiger partial charge in [-0.15, -0.1) is 0 Å². The van der Waals surface area contributed by atoms with E-state index in [0.717, 1.165) is 18.2 Å². The molecule has 0 aliphatic carbocycles. The Labute approximate surface area is 219 Å². The Morgan fingerprint density at radius 3 is 2.56 bits per heavy atom. The summed E-state index contributed by atoms with van der Waals surface area (Å²) in [5.74, 6) is -0.969. The number of methoxy groups -OCH3 is 1. The van der Waals surface area contributed by atoms with Gasteiger partial charge in [0.1, 0.15) is 16.5 Å². The standard InChI is InChI=1S/C23H15BrClN3O7S/c1-34-21-10-14(8-15(13-26)23(29)27-17-5-2-4-16(25)11-17)9-20(24)22(21)35-36(32,33)19-7-3-6-18(12-19)28(30)31/h2-12H,1H3,(H,27,29). The smallest absolute Gasteiger partial charge is 0.339 e. The average molecular weight is 593 g/mol. The highest BCUT2D eigenvalue weighted by atomic mass is 79.9. The third-order valence-electron chi connectivity index (χ3n) is 4.52. The number of nitrogens with one attached hydrogen (secondary N) is 1. The second kappa shape index (κ2) is 11.2. The van der Waals surface area contributed by atoms with Crippen molar-refractivity contribution in [1.82, 2.24) is 0 Å². The van der Waals surface area contributed by atoms with E-state index in [4.69, 9.17) is 20.5 Å². The van der Waals surface area contributed by atoms with Crippen LogP contribution in [0.25, 0.3) is 6.08 Å². The molecule has 3 aromatic carbocycles. The number of carbonyl (C=O) groups is 1. The molecular formula is C23H15BrClN3O7S. The molecule has 3 rings (SSSR count). The van der Waals surface area contributed by atoms with Gasteiger partial charge in [-0.05, 0) is 64.0 Å². The number of non-ortho nitro benzene ring substituents is 1. The molecule has 36 heavy (non-hydrogen) atoms. The fourth-order valence-corrected chi connectivity index (χ4v) is 4.73. The van der Waals surface area contributed by atoms with E-state index in [9.17, 15) is 28.6 Å². The zero-order valence-electron chi connectivity index (χ0n) is 18.3. The van der Waals surface area contributed by atoms with E-state index in [1.54, 1.807) is 18.2 Å². The van der Waals surface area contributed by atoms with Gasteiger partial charge in [-0.1, -0.05) is 23.7 Å². The third kappa shape index (κ3) is 6.39. The summed E-state index contributed by atoms with van der Waals surface area (Å²) in [5, 5.41) is 23.4. The Balaban J connectivity index is 1.92. The Morgan fingerprint density at radius 1 is 1.19 bits per heavy atom. The third-order valence-corrected chi connectivity index (χ3v) is 6.56. The fourth-order valence-electron chi connectivity index (χ4n) is 2.89. The van der Waals surface area contributed by atoms with Gasteiger partial charge in [0.2, 0.25) is 0 Å². The number of benzene rings is 3. The number of hydrogen-bond donors (Lipinski definition) is 1. The van der Waals surface area contributed by atoms with Crippen molar-refractivity contribution < 1.29 is 27.1 Å². The van der Waals surface area contributed by atoms with Crippen molar-refractivity contribution in [3.63, 3.8) is 0 Å². The van der Waals surface area contributed by atoms with Gasteiger partial charge in [0.15, 0.2) is 11.5 Å². The molecule has 1 N–H and O–H groups in total. The maximum Gasteiger partial charge on any atom is 0.339 e. The van der Waals surface area contributed by atoms with Crippen LogP contribution in [0.3, 0.4) is 0 Å². The summed E-state index contributed by atoms with van der Waals surface area (Å²) in [6.45, 7) is 0. The van der Waals surface area contributed by atoms with Gasteiger partial charge in [0.25, 0.3) is 11.6 Å². The van der Waals surface area contributed by atoms with Crippen molar-refractivity contribution in [2.75, 3.05) is 12.4 Å². The van der Waals surface area contributed by atoms with Crippen molar-refractivity contribution in [3.05, 3.63) is 91.4 Å². The van der Waals surface area contributed by atoms with Gasteiger partial charge in [-0.2, -0.15) is 13.7 Å². The molecule has 0 saturated carbocycles. The van der Waals surface area contributed by atoms with Crippen molar-refractivity contribution in [3.8, 4) is 17.6 Å². The van der Waals surface area contributed by atoms with E-state index in [1.807, 2.05) is 6.07 Å². The molecule has 0 spiro atoms. The fraction of sp³-hybridized carbons (Fsp3) is 0.0435. The first-order valence-corrected chi connectivity index (χ1v) is 12.4. The van der Waals surface area contributed by atoms with Crippen LogP contribution in [-0.2, 0) is 14.9 Å². The highest BCUT2D eigenvalue weighted by Gasteiger charge is 2.24. The molecule has 1 amide bonds. The molecule has 0 radical (unpaired) electrons. The summed E-state index contributed by atoms with van der Waals surface area (Å²) in [7, 11) is -3.21. The van der Waals surface area contributed by atoms with E-state index in [0.29, 0.717) is 16.3 Å².